The number of rotatable bonds is 5. The average Bonchev–Trinajstić information content (AvgIpc) is 2.62. The summed E-state index contributed by atoms with van der Waals surface area (Å²) in [7, 11) is -3.89. The SMILES string of the molecule is CC1CCCCC1NS(=O)(=O)c1ccc(F)c(C(=O)Nc2cc(Cl)cc(Cl)c2)c1. The summed E-state index contributed by atoms with van der Waals surface area (Å²) in [5.74, 6) is -1.42. The number of carbonyl (C=O) groups is 1. The molecule has 3 rings (SSSR count). The summed E-state index contributed by atoms with van der Waals surface area (Å²) in [6, 6.07) is 7.38. The lowest BCUT2D eigenvalue weighted by atomic mass is 9.87. The maximum absolute atomic E-state index is 14.3. The Morgan fingerprint density at radius 2 is 1.72 bits per heavy atom. The molecule has 2 N–H and O–H groups in total. The number of sulfonamides is 1. The van der Waals surface area contributed by atoms with Crippen LogP contribution in [0.2, 0.25) is 10.0 Å². The van der Waals surface area contributed by atoms with Gasteiger partial charge in [-0.3, -0.25) is 4.79 Å². The summed E-state index contributed by atoms with van der Waals surface area (Å²) >= 11 is 11.8. The van der Waals surface area contributed by atoms with Crippen molar-refractivity contribution in [2.75, 3.05) is 5.32 Å². The molecule has 1 fully saturated rings. The lowest BCUT2D eigenvalue weighted by Crippen LogP contribution is -2.41. The zero-order valence-electron chi connectivity index (χ0n) is 15.7. The van der Waals surface area contributed by atoms with Crippen LogP contribution in [-0.4, -0.2) is 20.4 Å². The quantitative estimate of drug-likeness (QED) is 0.642. The molecule has 0 bridgehead atoms. The molecule has 2 atom stereocenters. The number of hydrogen-bond donors (Lipinski definition) is 2. The predicted molar refractivity (Wildman–Crippen MR) is 113 cm³/mol. The van der Waals surface area contributed by atoms with Crippen molar-refractivity contribution in [2.45, 2.75) is 43.5 Å². The van der Waals surface area contributed by atoms with Gasteiger partial charge in [-0.1, -0.05) is 43.0 Å². The van der Waals surface area contributed by atoms with E-state index in [2.05, 4.69) is 10.0 Å². The smallest absolute Gasteiger partial charge is 0.258 e. The van der Waals surface area contributed by atoms with Crippen molar-refractivity contribution in [2.24, 2.45) is 5.92 Å². The van der Waals surface area contributed by atoms with Crippen LogP contribution in [0.15, 0.2) is 41.3 Å². The minimum absolute atomic E-state index is 0.161. The lowest BCUT2D eigenvalue weighted by molar-refractivity contribution is 0.102. The molecule has 2 aromatic rings. The lowest BCUT2D eigenvalue weighted by Gasteiger charge is -2.29. The first-order valence-electron chi connectivity index (χ1n) is 9.25. The summed E-state index contributed by atoms with van der Waals surface area (Å²) < 4.78 is 42.5. The molecule has 0 saturated heterocycles. The zero-order valence-corrected chi connectivity index (χ0v) is 18.0. The Labute approximate surface area is 179 Å². The van der Waals surface area contributed by atoms with Gasteiger partial charge in [-0.05, 0) is 55.2 Å². The van der Waals surface area contributed by atoms with Crippen molar-refractivity contribution in [3.05, 3.63) is 57.8 Å². The number of nitrogens with one attached hydrogen (secondary N) is 2. The Balaban J connectivity index is 1.84. The van der Waals surface area contributed by atoms with Gasteiger partial charge in [0, 0.05) is 21.8 Å². The maximum Gasteiger partial charge on any atom is 0.258 e. The number of benzene rings is 2. The van der Waals surface area contributed by atoms with Crippen molar-refractivity contribution in [1.29, 1.82) is 0 Å². The summed E-state index contributed by atoms with van der Waals surface area (Å²) in [6.45, 7) is 2.01. The molecule has 1 saturated carbocycles. The molecule has 29 heavy (non-hydrogen) atoms. The van der Waals surface area contributed by atoms with Crippen LogP contribution in [0, 0.1) is 11.7 Å². The van der Waals surface area contributed by atoms with Crippen LogP contribution in [-0.2, 0) is 10.0 Å². The minimum Gasteiger partial charge on any atom is -0.322 e. The van der Waals surface area contributed by atoms with Gasteiger partial charge in [-0.2, -0.15) is 0 Å². The fourth-order valence-corrected chi connectivity index (χ4v) is 5.36. The van der Waals surface area contributed by atoms with Crippen LogP contribution in [0.5, 0.6) is 0 Å². The van der Waals surface area contributed by atoms with Crippen molar-refractivity contribution in [3.8, 4) is 0 Å². The second-order valence-electron chi connectivity index (χ2n) is 7.24. The normalized spacial score (nSPS) is 19.7. The van der Waals surface area contributed by atoms with Gasteiger partial charge in [-0.15, -0.1) is 0 Å². The molecule has 2 aromatic carbocycles. The third kappa shape index (κ3) is 5.48. The van der Waals surface area contributed by atoms with Crippen molar-refractivity contribution in [3.63, 3.8) is 0 Å². The van der Waals surface area contributed by atoms with Crippen LogP contribution >= 0.6 is 23.2 Å². The Kier molecular flexibility index (Phi) is 6.83. The van der Waals surface area contributed by atoms with E-state index in [4.69, 9.17) is 23.2 Å². The predicted octanol–water partition coefficient (Wildman–Crippen LogP) is 5.24. The van der Waals surface area contributed by atoms with E-state index < -0.39 is 21.7 Å². The van der Waals surface area contributed by atoms with Gasteiger partial charge in [-0.25, -0.2) is 17.5 Å². The first-order chi connectivity index (χ1) is 13.7. The van der Waals surface area contributed by atoms with Crippen molar-refractivity contribution >= 4 is 44.8 Å². The van der Waals surface area contributed by atoms with Gasteiger partial charge in [0.15, 0.2) is 0 Å². The molecule has 0 aliphatic heterocycles. The second-order valence-corrected chi connectivity index (χ2v) is 9.83. The number of halogens is 3. The molecule has 5 nitrogen and oxygen atoms in total. The third-order valence-electron chi connectivity index (χ3n) is 5.03. The highest BCUT2D eigenvalue weighted by Crippen LogP contribution is 2.26. The van der Waals surface area contributed by atoms with Gasteiger partial charge < -0.3 is 5.32 Å². The third-order valence-corrected chi connectivity index (χ3v) is 6.96. The highest BCUT2D eigenvalue weighted by molar-refractivity contribution is 7.89. The number of anilines is 1. The molecular formula is C20H21Cl2FN2O3S. The van der Waals surface area contributed by atoms with Gasteiger partial charge in [0.25, 0.3) is 5.91 Å². The topological polar surface area (TPSA) is 75.3 Å². The standard InChI is InChI=1S/C20H21Cl2FN2O3S/c1-12-4-2-3-5-19(12)25-29(27,28)16-6-7-18(23)17(11-16)20(26)24-15-9-13(21)8-14(22)10-15/h6-12,19,25H,2-5H2,1H3,(H,24,26). The largest absolute Gasteiger partial charge is 0.322 e. The monoisotopic (exact) mass is 458 g/mol. The molecule has 1 aliphatic carbocycles. The number of carbonyl (C=O) groups excluding carboxylic acids is 1. The molecule has 0 heterocycles. The molecule has 0 radical (unpaired) electrons. The highest BCUT2D eigenvalue weighted by atomic mass is 35.5. The first-order valence-corrected chi connectivity index (χ1v) is 11.5. The summed E-state index contributed by atoms with van der Waals surface area (Å²) in [5, 5.41) is 3.09. The Morgan fingerprint density at radius 1 is 1.07 bits per heavy atom. The molecule has 156 valence electrons. The minimum atomic E-state index is -3.89. The van der Waals surface area contributed by atoms with E-state index in [1.165, 1.54) is 18.2 Å². The molecule has 2 unspecified atom stereocenters. The van der Waals surface area contributed by atoms with Gasteiger partial charge in [0.1, 0.15) is 5.82 Å². The van der Waals surface area contributed by atoms with E-state index in [1.54, 1.807) is 0 Å². The second kappa shape index (κ2) is 9.00. The summed E-state index contributed by atoms with van der Waals surface area (Å²) in [5.41, 5.74) is -0.116. The molecular weight excluding hydrogens is 438 g/mol. The van der Waals surface area contributed by atoms with E-state index in [0.29, 0.717) is 10.0 Å². The summed E-state index contributed by atoms with van der Waals surface area (Å²) in [6.07, 6.45) is 3.74. The maximum atomic E-state index is 14.3. The van der Waals surface area contributed by atoms with Gasteiger partial charge in [0.05, 0.1) is 10.5 Å². The summed E-state index contributed by atoms with van der Waals surface area (Å²) in [4.78, 5) is 12.4. The fourth-order valence-electron chi connectivity index (χ4n) is 3.43. The molecule has 1 aliphatic rings. The van der Waals surface area contributed by atoms with Crippen LogP contribution in [0.25, 0.3) is 0 Å². The molecule has 1 amide bonds. The van der Waals surface area contributed by atoms with Crippen LogP contribution < -0.4 is 10.0 Å². The number of hydrogen-bond acceptors (Lipinski definition) is 3. The molecule has 0 spiro atoms. The average molecular weight is 459 g/mol. The van der Waals surface area contributed by atoms with Crippen molar-refractivity contribution in [1.82, 2.24) is 4.72 Å². The molecule has 0 aromatic heterocycles. The number of amides is 1. The van der Waals surface area contributed by atoms with Crippen molar-refractivity contribution < 1.29 is 17.6 Å². The fraction of sp³-hybridized carbons (Fsp3) is 0.350. The first kappa shape index (κ1) is 22.0. The van der Waals surface area contributed by atoms with E-state index in [-0.39, 0.29) is 28.1 Å². The van der Waals surface area contributed by atoms with Crippen LogP contribution in [0.1, 0.15) is 43.0 Å². The van der Waals surface area contributed by atoms with E-state index in [9.17, 15) is 17.6 Å². The van der Waals surface area contributed by atoms with E-state index in [1.807, 2.05) is 6.92 Å². The Bertz CT molecular complexity index is 1010. The molecule has 9 heteroatoms. The van der Waals surface area contributed by atoms with E-state index >= 15 is 0 Å². The van der Waals surface area contributed by atoms with Crippen LogP contribution in [0.3, 0.4) is 0 Å². The van der Waals surface area contributed by atoms with Gasteiger partial charge >= 0.3 is 0 Å². The Hall–Kier alpha value is -1.67. The Morgan fingerprint density at radius 3 is 2.38 bits per heavy atom. The van der Waals surface area contributed by atoms with E-state index in [0.717, 1.165) is 43.9 Å². The zero-order chi connectivity index (χ0) is 21.2. The highest BCUT2D eigenvalue weighted by Gasteiger charge is 2.27. The van der Waals surface area contributed by atoms with Gasteiger partial charge in [0.2, 0.25) is 10.0 Å². The van der Waals surface area contributed by atoms with Crippen LogP contribution in [0.4, 0.5) is 10.1 Å².